The zero-order valence-electron chi connectivity index (χ0n) is 8.39. The molecule has 0 rings (SSSR count). The second-order valence-electron chi connectivity index (χ2n) is 3.41. The van der Waals surface area contributed by atoms with Gasteiger partial charge in [0, 0.05) is 0 Å². The van der Waals surface area contributed by atoms with Crippen molar-refractivity contribution >= 4 is 19.8 Å². The van der Waals surface area contributed by atoms with Gasteiger partial charge < -0.3 is 0 Å². The quantitative estimate of drug-likeness (QED) is 0.358. The van der Waals surface area contributed by atoms with E-state index in [-0.39, 0.29) is 0 Å². The first-order valence-electron chi connectivity index (χ1n) is 5.06. The molecule has 12 heavy (non-hydrogen) atoms. The van der Waals surface area contributed by atoms with Gasteiger partial charge in [0.1, 0.15) is 0 Å². The molecule has 0 heterocycles. The first-order chi connectivity index (χ1) is 5.85. The van der Waals surface area contributed by atoms with E-state index in [1.165, 1.54) is 28.1 Å². The van der Waals surface area contributed by atoms with Crippen LogP contribution in [0.1, 0.15) is 26.2 Å². The third-order valence-corrected chi connectivity index (χ3v) is 11.4. The minimum absolute atomic E-state index is 1.17. The predicted octanol–water partition coefficient (Wildman–Crippen LogP) is 3.78. The van der Waals surface area contributed by atoms with Crippen LogP contribution in [0.15, 0.2) is 25.3 Å². The van der Waals surface area contributed by atoms with Gasteiger partial charge in [0.15, 0.2) is 0 Å². The van der Waals surface area contributed by atoms with Gasteiger partial charge in [-0.15, -0.1) is 0 Å². The Morgan fingerprint density at radius 1 is 1.08 bits per heavy atom. The number of hydrogen-bond acceptors (Lipinski definition) is 0. The van der Waals surface area contributed by atoms with Gasteiger partial charge >= 0.3 is 84.6 Å². The van der Waals surface area contributed by atoms with E-state index in [9.17, 15) is 0 Å². The molecule has 0 amide bonds. The molecular weight excluding hydrogens is 251 g/mol. The first kappa shape index (κ1) is 12.3. The molecule has 0 aliphatic heterocycles. The second-order valence-corrected chi connectivity index (χ2v) is 12.7. The fraction of sp³-hybridized carbons (Fsp3) is 0.636. The van der Waals surface area contributed by atoms with Crippen LogP contribution in [0.2, 0.25) is 13.3 Å². The van der Waals surface area contributed by atoms with Gasteiger partial charge in [0.05, 0.1) is 0 Å². The summed E-state index contributed by atoms with van der Waals surface area (Å²) in [6.07, 6.45) is 8.47. The van der Waals surface area contributed by atoms with E-state index in [0.29, 0.717) is 0 Å². The number of unbranched alkanes of at least 4 members (excludes halogenated alkanes) is 2. The summed E-state index contributed by atoms with van der Waals surface area (Å²) in [5.74, 6) is 0. The fourth-order valence-corrected chi connectivity index (χ4v) is 8.54. The third-order valence-electron chi connectivity index (χ3n) is 2.22. The Labute approximate surface area is 84.5 Å². The Balaban J connectivity index is 3.47. The number of allylic oxidation sites excluding steroid dienone is 2. The van der Waals surface area contributed by atoms with Crippen LogP contribution < -0.4 is 0 Å². The third kappa shape index (κ3) is 6.96. The summed E-state index contributed by atoms with van der Waals surface area (Å²) in [5, 5.41) is 0. The summed E-state index contributed by atoms with van der Waals surface area (Å²) < 4.78 is 4.27. The van der Waals surface area contributed by atoms with Crippen LogP contribution in [0, 0.1) is 0 Å². The minimum atomic E-state index is -1.17. The van der Waals surface area contributed by atoms with Gasteiger partial charge in [-0.25, -0.2) is 0 Å². The molecule has 0 fully saturated rings. The molecule has 0 N–H and O–H groups in total. The summed E-state index contributed by atoms with van der Waals surface area (Å²) in [7, 11) is 0. The number of hydrogen-bond donors (Lipinski definition) is 0. The predicted molar refractivity (Wildman–Crippen MR) is 61.5 cm³/mol. The van der Waals surface area contributed by atoms with Crippen molar-refractivity contribution in [3.05, 3.63) is 25.3 Å². The fourth-order valence-electron chi connectivity index (χ4n) is 1.49. The van der Waals surface area contributed by atoms with Gasteiger partial charge in [-0.3, -0.25) is 0 Å². The Morgan fingerprint density at radius 2 is 1.67 bits per heavy atom. The molecule has 0 aliphatic carbocycles. The van der Waals surface area contributed by atoms with Crippen molar-refractivity contribution in [1.29, 1.82) is 0 Å². The van der Waals surface area contributed by atoms with Crippen LogP contribution in [0.4, 0.5) is 0 Å². The summed E-state index contributed by atoms with van der Waals surface area (Å²) in [6, 6.07) is 0. The van der Waals surface area contributed by atoms with Gasteiger partial charge in [0.2, 0.25) is 0 Å². The van der Waals surface area contributed by atoms with Gasteiger partial charge in [0.25, 0.3) is 0 Å². The Morgan fingerprint density at radius 3 is 2.08 bits per heavy atom. The van der Waals surface area contributed by atoms with Crippen molar-refractivity contribution in [3.8, 4) is 0 Å². The molecule has 0 nitrogen and oxygen atoms in total. The van der Waals surface area contributed by atoms with E-state index in [2.05, 4.69) is 32.2 Å². The van der Waals surface area contributed by atoms with E-state index in [4.69, 9.17) is 0 Å². The van der Waals surface area contributed by atoms with Crippen molar-refractivity contribution < 1.29 is 0 Å². The molecule has 70 valence electrons. The van der Waals surface area contributed by atoms with Crippen molar-refractivity contribution in [1.82, 2.24) is 0 Å². The van der Waals surface area contributed by atoms with E-state index >= 15 is 0 Å². The maximum absolute atomic E-state index is 3.83. The first-order valence-corrected chi connectivity index (χ1v) is 12.1. The van der Waals surface area contributed by atoms with Gasteiger partial charge in [-0.1, -0.05) is 0 Å². The van der Waals surface area contributed by atoms with Crippen LogP contribution in [0.5, 0.6) is 0 Å². The van der Waals surface area contributed by atoms with E-state index in [1.807, 2.05) is 0 Å². The van der Waals surface area contributed by atoms with Crippen molar-refractivity contribution in [3.63, 3.8) is 0 Å². The molecule has 0 saturated carbocycles. The molecule has 0 aromatic carbocycles. The Hall–Kier alpha value is 0.279. The molecule has 0 unspecified atom stereocenters. The Kier molecular flexibility index (Phi) is 9.58. The molecular formula is C11H22Sn. The maximum atomic E-state index is 3.83. The molecule has 0 saturated heterocycles. The molecule has 0 atom stereocenters. The van der Waals surface area contributed by atoms with E-state index < -0.39 is 19.8 Å². The van der Waals surface area contributed by atoms with Crippen LogP contribution in [-0.4, -0.2) is 19.8 Å². The van der Waals surface area contributed by atoms with Crippen LogP contribution >= 0.6 is 0 Å². The topological polar surface area (TPSA) is 0 Å². The van der Waals surface area contributed by atoms with Crippen LogP contribution in [0.25, 0.3) is 0 Å². The Bertz CT molecular complexity index is 108. The average Bonchev–Trinajstić information content (AvgIpc) is 2.06. The standard InChI is InChI=1S/C5H11.2C3H5.Sn.H/c1-3-5-4-2;2*1-3-2;;/h1,3-5H2,2H3;2*3H,1-2H2;;. The monoisotopic (exact) mass is 274 g/mol. The molecule has 0 aliphatic rings. The summed E-state index contributed by atoms with van der Waals surface area (Å²) in [4.78, 5) is 0. The normalized spacial score (nSPS) is 10.2. The summed E-state index contributed by atoms with van der Waals surface area (Å²) in [5.41, 5.74) is 0. The molecule has 0 spiro atoms. The molecule has 1 heteroatoms. The van der Waals surface area contributed by atoms with E-state index in [1.54, 1.807) is 4.44 Å². The molecule has 0 aromatic rings. The summed E-state index contributed by atoms with van der Waals surface area (Å²) in [6.45, 7) is 9.93. The van der Waals surface area contributed by atoms with Crippen molar-refractivity contribution in [2.75, 3.05) is 0 Å². The van der Waals surface area contributed by atoms with Crippen molar-refractivity contribution in [2.24, 2.45) is 0 Å². The summed E-state index contributed by atoms with van der Waals surface area (Å²) >= 11 is -1.17. The average molecular weight is 273 g/mol. The number of rotatable bonds is 8. The second kappa shape index (κ2) is 9.37. The van der Waals surface area contributed by atoms with Crippen LogP contribution in [0.3, 0.4) is 0 Å². The van der Waals surface area contributed by atoms with Gasteiger partial charge in [-0.2, -0.15) is 0 Å². The van der Waals surface area contributed by atoms with Crippen molar-refractivity contribution in [2.45, 2.75) is 39.5 Å². The molecule has 0 bridgehead atoms. The van der Waals surface area contributed by atoms with Crippen LogP contribution in [-0.2, 0) is 0 Å². The molecule has 0 aromatic heterocycles. The molecule has 0 radical (unpaired) electrons. The zero-order chi connectivity index (χ0) is 9.23. The van der Waals surface area contributed by atoms with E-state index in [0.717, 1.165) is 0 Å². The SMILES string of the molecule is C=C[CH2][SnH]([CH2]C=C)[CH2]CCCC. The van der Waals surface area contributed by atoms with Gasteiger partial charge in [-0.05, 0) is 0 Å². The zero-order valence-corrected chi connectivity index (χ0v) is 11.7.